The molecule has 2 heterocycles. The molecule has 1 aromatic heterocycles. The molecule has 0 N–H and O–H groups in total. The first-order valence-corrected chi connectivity index (χ1v) is 9.01. The zero-order valence-electron chi connectivity index (χ0n) is 13.7. The Bertz CT molecular complexity index is 730. The summed E-state index contributed by atoms with van der Waals surface area (Å²) in [6, 6.07) is 12.5. The molecule has 2 fully saturated rings. The lowest BCUT2D eigenvalue weighted by Crippen LogP contribution is -2.48. The maximum absolute atomic E-state index is 12.8. The molecular formula is C19H22ClN3O. The summed E-state index contributed by atoms with van der Waals surface area (Å²) in [6.45, 7) is 4.27. The molecule has 2 aromatic rings. The van der Waals surface area contributed by atoms with Gasteiger partial charge in [0, 0.05) is 50.0 Å². The number of carbonyl (C=O) groups is 1. The normalized spacial score (nSPS) is 18.8. The first-order chi connectivity index (χ1) is 11.7. The van der Waals surface area contributed by atoms with Crippen molar-refractivity contribution in [2.75, 3.05) is 26.2 Å². The van der Waals surface area contributed by atoms with Crippen LogP contribution in [0.5, 0.6) is 0 Å². The molecule has 1 saturated heterocycles. The van der Waals surface area contributed by atoms with Gasteiger partial charge in [0.15, 0.2) is 0 Å². The summed E-state index contributed by atoms with van der Waals surface area (Å²) in [4.78, 5) is 17.2. The van der Waals surface area contributed by atoms with Crippen LogP contribution in [-0.4, -0.2) is 46.5 Å². The van der Waals surface area contributed by atoms with Gasteiger partial charge in [-0.3, -0.25) is 9.69 Å². The summed E-state index contributed by atoms with van der Waals surface area (Å²) >= 11 is 6.06. The van der Waals surface area contributed by atoms with Gasteiger partial charge in [-0.25, -0.2) is 0 Å². The lowest BCUT2D eigenvalue weighted by Gasteiger charge is -2.35. The first-order valence-electron chi connectivity index (χ1n) is 8.63. The fraction of sp³-hybridized carbons (Fsp3) is 0.421. The molecule has 4 nitrogen and oxygen atoms in total. The van der Waals surface area contributed by atoms with Gasteiger partial charge in [-0.05, 0) is 42.7 Å². The van der Waals surface area contributed by atoms with E-state index in [9.17, 15) is 4.79 Å². The molecule has 0 bridgehead atoms. The van der Waals surface area contributed by atoms with Crippen LogP contribution in [0, 0.1) is 0 Å². The van der Waals surface area contributed by atoms with Crippen molar-refractivity contribution in [1.29, 1.82) is 0 Å². The topological polar surface area (TPSA) is 28.5 Å². The number of benzene rings is 1. The second-order valence-electron chi connectivity index (χ2n) is 6.73. The Labute approximate surface area is 147 Å². The van der Waals surface area contributed by atoms with E-state index in [1.807, 2.05) is 41.4 Å². The van der Waals surface area contributed by atoms with Gasteiger partial charge >= 0.3 is 0 Å². The Morgan fingerprint density at radius 2 is 1.88 bits per heavy atom. The maximum atomic E-state index is 12.8. The lowest BCUT2D eigenvalue weighted by atomic mass is 10.2. The third kappa shape index (κ3) is 3.35. The monoisotopic (exact) mass is 343 g/mol. The Kier molecular flexibility index (Phi) is 4.33. The number of hydrogen-bond acceptors (Lipinski definition) is 2. The van der Waals surface area contributed by atoms with Crippen molar-refractivity contribution in [3.8, 4) is 0 Å². The van der Waals surface area contributed by atoms with Crippen LogP contribution in [0.1, 0.15) is 34.9 Å². The zero-order valence-corrected chi connectivity index (χ0v) is 14.5. The Morgan fingerprint density at radius 3 is 2.58 bits per heavy atom. The molecule has 1 aromatic carbocycles. The highest BCUT2D eigenvalue weighted by Crippen LogP contribution is 2.36. The van der Waals surface area contributed by atoms with Crippen molar-refractivity contribution >= 4 is 17.5 Å². The highest BCUT2D eigenvalue weighted by Gasteiger charge is 2.29. The van der Waals surface area contributed by atoms with Gasteiger partial charge in [0.2, 0.25) is 0 Å². The van der Waals surface area contributed by atoms with E-state index in [0.29, 0.717) is 6.04 Å². The minimum Gasteiger partial charge on any atom is -0.340 e. The number of amides is 1. The number of nitrogens with zero attached hydrogens (tertiary/aromatic N) is 3. The van der Waals surface area contributed by atoms with E-state index >= 15 is 0 Å². The van der Waals surface area contributed by atoms with Crippen LogP contribution >= 0.6 is 11.6 Å². The zero-order chi connectivity index (χ0) is 16.5. The smallest absolute Gasteiger partial charge is 0.270 e. The van der Waals surface area contributed by atoms with E-state index < -0.39 is 0 Å². The van der Waals surface area contributed by atoms with Crippen LogP contribution in [0.25, 0.3) is 0 Å². The number of piperazine rings is 1. The molecule has 1 amide bonds. The van der Waals surface area contributed by atoms with Gasteiger partial charge in [0.25, 0.3) is 5.91 Å². The van der Waals surface area contributed by atoms with E-state index in [-0.39, 0.29) is 5.91 Å². The summed E-state index contributed by atoms with van der Waals surface area (Å²) in [5.41, 5.74) is 2.07. The quantitative estimate of drug-likeness (QED) is 0.850. The summed E-state index contributed by atoms with van der Waals surface area (Å²) < 4.78 is 2.15. The predicted molar refractivity (Wildman–Crippen MR) is 95.3 cm³/mol. The number of hydrogen-bond donors (Lipinski definition) is 0. The van der Waals surface area contributed by atoms with Gasteiger partial charge in [0.05, 0.1) is 0 Å². The minimum atomic E-state index is 0.175. The highest BCUT2D eigenvalue weighted by molar-refractivity contribution is 6.30. The van der Waals surface area contributed by atoms with Crippen molar-refractivity contribution in [1.82, 2.24) is 14.4 Å². The van der Waals surface area contributed by atoms with Crippen molar-refractivity contribution in [2.24, 2.45) is 0 Å². The Balaban J connectivity index is 1.35. The van der Waals surface area contributed by atoms with E-state index in [1.54, 1.807) is 0 Å². The van der Waals surface area contributed by atoms with Crippen LogP contribution in [0.15, 0.2) is 42.6 Å². The third-order valence-electron chi connectivity index (χ3n) is 4.89. The third-order valence-corrected chi connectivity index (χ3v) is 5.13. The predicted octanol–water partition coefficient (Wildman–Crippen LogP) is 3.43. The Hall–Kier alpha value is -1.78. The number of halogens is 1. The molecule has 4 rings (SSSR count). The molecule has 0 unspecified atom stereocenters. The van der Waals surface area contributed by atoms with Crippen molar-refractivity contribution in [3.05, 3.63) is 58.9 Å². The fourth-order valence-electron chi connectivity index (χ4n) is 3.41. The van der Waals surface area contributed by atoms with Crippen molar-refractivity contribution in [3.63, 3.8) is 0 Å². The lowest BCUT2D eigenvalue weighted by molar-refractivity contribution is 0.0618. The molecule has 5 heteroatoms. The molecule has 1 saturated carbocycles. The van der Waals surface area contributed by atoms with Crippen LogP contribution in [0.4, 0.5) is 0 Å². The summed E-state index contributed by atoms with van der Waals surface area (Å²) in [6.07, 6.45) is 4.44. The van der Waals surface area contributed by atoms with Crippen molar-refractivity contribution in [2.45, 2.75) is 25.4 Å². The van der Waals surface area contributed by atoms with Gasteiger partial charge in [-0.2, -0.15) is 0 Å². The molecule has 2 aliphatic rings. The van der Waals surface area contributed by atoms with Gasteiger partial charge in [-0.15, -0.1) is 0 Å². The number of carbonyl (C=O) groups excluding carboxylic acids is 1. The van der Waals surface area contributed by atoms with Crippen molar-refractivity contribution < 1.29 is 4.79 Å². The summed E-state index contributed by atoms with van der Waals surface area (Å²) in [7, 11) is 0. The van der Waals surface area contributed by atoms with Crippen LogP contribution in [0.2, 0.25) is 5.02 Å². The van der Waals surface area contributed by atoms with Gasteiger partial charge in [-0.1, -0.05) is 23.7 Å². The molecule has 126 valence electrons. The van der Waals surface area contributed by atoms with Gasteiger partial charge in [0.1, 0.15) is 5.69 Å². The second-order valence-corrected chi connectivity index (χ2v) is 7.17. The fourth-order valence-corrected chi connectivity index (χ4v) is 3.62. The largest absolute Gasteiger partial charge is 0.340 e. The van der Waals surface area contributed by atoms with Gasteiger partial charge < -0.3 is 9.47 Å². The molecule has 0 radical (unpaired) electrons. The SMILES string of the molecule is O=C(c1cccn1C1CC1)N1CCN(Cc2cccc(Cl)c2)CC1. The average molecular weight is 344 g/mol. The Morgan fingerprint density at radius 1 is 1.08 bits per heavy atom. The summed E-state index contributed by atoms with van der Waals surface area (Å²) in [5.74, 6) is 0.175. The minimum absolute atomic E-state index is 0.175. The molecule has 1 aliphatic heterocycles. The van der Waals surface area contributed by atoms with Crippen LogP contribution in [0.3, 0.4) is 0 Å². The molecular weight excluding hydrogens is 322 g/mol. The number of aromatic nitrogens is 1. The summed E-state index contributed by atoms with van der Waals surface area (Å²) in [5, 5.41) is 0.780. The number of rotatable bonds is 4. The first kappa shape index (κ1) is 15.7. The average Bonchev–Trinajstić information content (AvgIpc) is 3.32. The molecule has 1 aliphatic carbocycles. The second kappa shape index (κ2) is 6.61. The van der Waals surface area contributed by atoms with Crippen LogP contribution < -0.4 is 0 Å². The van der Waals surface area contributed by atoms with E-state index in [0.717, 1.165) is 43.4 Å². The molecule has 0 atom stereocenters. The molecule has 0 spiro atoms. The standard InChI is InChI=1S/C19H22ClN3O/c20-16-4-1-3-15(13-16)14-21-9-11-22(12-10-21)19(24)18-5-2-8-23(18)17-6-7-17/h1-5,8,13,17H,6-7,9-12,14H2. The molecule has 24 heavy (non-hydrogen) atoms. The van der Waals surface area contributed by atoms with Crippen LogP contribution in [-0.2, 0) is 6.54 Å². The van der Waals surface area contributed by atoms with E-state index in [1.165, 1.54) is 18.4 Å². The maximum Gasteiger partial charge on any atom is 0.270 e. The van der Waals surface area contributed by atoms with E-state index in [2.05, 4.69) is 15.5 Å². The van der Waals surface area contributed by atoms with E-state index in [4.69, 9.17) is 11.6 Å². The highest BCUT2D eigenvalue weighted by atomic mass is 35.5.